The highest BCUT2D eigenvalue weighted by molar-refractivity contribution is 6.37. The molecule has 0 radical (unpaired) electrons. The Bertz CT molecular complexity index is 288. The molecule has 0 aliphatic rings. The second kappa shape index (κ2) is 5.28. The summed E-state index contributed by atoms with van der Waals surface area (Å²) in [4.78, 5) is 0. The molecule has 0 saturated heterocycles. The highest BCUT2D eigenvalue weighted by Crippen LogP contribution is 2.25. The van der Waals surface area contributed by atoms with Crippen molar-refractivity contribution in [2.24, 2.45) is 5.73 Å². The second-order valence-corrected chi connectivity index (χ2v) is 3.43. The van der Waals surface area contributed by atoms with E-state index in [9.17, 15) is 0 Å². The van der Waals surface area contributed by atoms with E-state index in [1.165, 1.54) is 0 Å². The van der Waals surface area contributed by atoms with Gasteiger partial charge in [0.1, 0.15) is 0 Å². The fourth-order valence-electron chi connectivity index (χ4n) is 0.967. The molecule has 0 unspecified atom stereocenters. The van der Waals surface area contributed by atoms with Gasteiger partial charge in [-0.05, 0) is 25.1 Å². The zero-order valence-electron chi connectivity index (χ0n) is 7.13. The molecule has 0 bridgehead atoms. The van der Waals surface area contributed by atoms with Crippen LogP contribution in [-0.2, 0) is 0 Å². The summed E-state index contributed by atoms with van der Waals surface area (Å²) in [6, 6.07) is 5.45. The maximum atomic E-state index is 5.94. The summed E-state index contributed by atoms with van der Waals surface area (Å²) in [5.74, 6) is 0. The maximum Gasteiger partial charge on any atom is 0.0493 e. The van der Waals surface area contributed by atoms with Gasteiger partial charge in [-0.1, -0.05) is 41.4 Å². The van der Waals surface area contributed by atoms with Crippen LogP contribution in [0, 0.1) is 0 Å². The van der Waals surface area contributed by atoms with Crippen LogP contribution in [0.25, 0.3) is 6.08 Å². The largest absolute Gasteiger partial charge is 0.330 e. The van der Waals surface area contributed by atoms with Gasteiger partial charge in [0.15, 0.2) is 0 Å². The van der Waals surface area contributed by atoms with Crippen LogP contribution >= 0.6 is 23.2 Å². The van der Waals surface area contributed by atoms with Crippen LogP contribution in [0.3, 0.4) is 0 Å². The molecule has 0 atom stereocenters. The molecule has 0 aliphatic carbocycles. The molecule has 0 spiro atoms. The number of benzene rings is 1. The Morgan fingerprint density at radius 3 is 2.38 bits per heavy atom. The zero-order chi connectivity index (χ0) is 9.68. The molecule has 13 heavy (non-hydrogen) atoms. The lowest BCUT2D eigenvalue weighted by Gasteiger charge is -2.00. The first kappa shape index (κ1) is 10.6. The van der Waals surface area contributed by atoms with E-state index in [0.29, 0.717) is 16.6 Å². The molecule has 1 aromatic rings. The summed E-state index contributed by atoms with van der Waals surface area (Å²) in [5, 5.41) is 1.33. The summed E-state index contributed by atoms with van der Waals surface area (Å²) in [7, 11) is 0. The predicted molar refractivity (Wildman–Crippen MR) is 59.2 cm³/mol. The quantitative estimate of drug-likeness (QED) is 0.823. The van der Waals surface area contributed by atoms with E-state index in [2.05, 4.69) is 0 Å². The fourth-order valence-corrected chi connectivity index (χ4v) is 1.49. The Morgan fingerprint density at radius 1 is 1.23 bits per heavy atom. The van der Waals surface area contributed by atoms with Crippen LogP contribution in [0.5, 0.6) is 0 Å². The van der Waals surface area contributed by atoms with Gasteiger partial charge in [-0.3, -0.25) is 0 Å². The third-order valence-electron chi connectivity index (χ3n) is 1.62. The molecule has 3 heteroatoms. The molecular formula is C10H11Cl2N. The summed E-state index contributed by atoms with van der Waals surface area (Å²) >= 11 is 11.9. The summed E-state index contributed by atoms with van der Waals surface area (Å²) in [6.07, 6.45) is 4.70. The monoisotopic (exact) mass is 215 g/mol. The maximum absolute atomic E-state index is 5.94. The van der Waals surface area contributed by atoms with Crippen LogP contribution in [0.4, 0.5) is 0 Å². The van der Waals surface area contributed by atoms with Crippen molar-refractivity contribution >= 4 is 29.3 Å². The number of nitrogens with two attached hydrogens (primary N) is 1. The van der Waals surface area contributed by atoms with Crippen molar-refractivity contribution in [1.29, 1.82) is 0 Å². The lowest BCUT2D eigenvalue weighted by atomic mass is 10.2. The van der Waals surface area contributed by atoms with E-state index in [-0.39, 0.29) is 0 Å². The van der Waals surface area contributed by atoms with Gasteiger partial charge >= 0.3 is 0 Å². The second-order valence-electron chi connectivity index (χ2n) is 2.62. The molecule has 1 rings (SSSR count). The van der Waals surface area contributed by atoms with Gasteiger partial charge in [0.25, 0.3) is 0 Å². The van der Waals surface area contributed by atoms with Gasteiger partial charge in [-0.2, -0.15) is 0 Å². The van der Waals surface area contributed by atoms with Gasteiger partial charge < -0.3 is 5.73 Å². The molecule has 0 heterocycles. The molecule has 0 saturated carbocycles. The van der Waals surface area contributed by atoms with Crippen molar-refractivity contribution in [2.45, 2.75) is 6.42 Å². The van der Waals surface area contributed by atoms with E-state index in [0.717, 1.165) is 12.0 Å². The smallest absolute Gasteiger partial charge is 0.0493 e. The Labute approximate surface area is 88.1 Å². The minimum absolute atomic E-state index is 0.637. The molecule has 0 fully saturated rings. The van der Waals surface area contributed by atoms with E-state index < -0.39 is 0 Å². The van der Waals surface area contributed by atoms with Crippen LogP contribution in [0.1, 0.15) is 12.0 Å². The molecule has 0 aliphatic heterocycles. The first-order chi connectivity index (χ1) is 6.25. The number of hydrogen-bond donors (Lipinski definition) is 1. The highest BCUT2D eigenvalue weighted by atomic mass is 35.5. The predicted octanol–water partition coefficient (Wildman–Crippen LogP) is 3.36. The normalized spacial score (nSPS) is 11.0. The van der Waals surface area contributed by atoms with Gasteiger partial charge in [0.2, 0.25) is 0 Å². The van der Waals surface area contributed by atoms with Gasteiger partial charge in [-0.15, -0.1) is 0 Å². The number of rotatable bonds is 3. The zero-order valence-corrected chi connectivity index (χ0v) is 8.65. The van der Waals surface area contributed by atoms with Crippen LogP contribution in [-0.4, -0.2) is 6.54 Å². The van der Waals surface area contributed by atoms with E-state index in [1.807, 2.05) is 30.4 Å². The lowest BCUT2D eigenvalue weighted by molar-refractivity contribution is 1.01. The van der Waals surface area contributed by atoms with E-state index in [1.54, 1.807) is 0 Å². The van der Waals surface area contributed by atoms with Gasteiger partial charge in [0.05, 0.1) is 0 Å². The van der Waals surface area contributed by atoms with Crippen LogP contribution < -0.4 is 5.73 Å². The average Bonchev–Trinajstić information content (AvgIpc) is 2.10. The molecule has 1 aromatic carbocycles. The third-order valence-corrected chi connectivity index (χ3v) is 2.28. The topological polar surface area (TPSA) is 26.0 Å². The van der Waals surface area contributed by atoms with Crippen molar-refractivity contribution in [3.05, 3.63) is 39.9 Å². The van der Waals surface area contributed by atoms with Crippen molar-refractivity contribution < 1.29 is 0 Å². The van der Waals surface area contributed by atoms with Crippen molar-refractivity contribution in [3.63, 3.8) is 0 Å². The van der Waals surface area contributed by atoms with Crippen molar-refractivity contribution in [3.8, 4) is 0 Å². The van der Waals surface area contributed by atoms with Gasteiger partial charge in [-0.25, -0.2) is 0 Å². The van der Waals surface area contributed by atoms with E-state index in [4.69, 9.17) is 28.9 Å². The molecule has 1 nitrogen and oxygen atoms in total. The van der Waals surface area contributed by atoms with E-state index >= 15 is 0 Å². The SMILES string of the molecule is NCC/C=C/c1c(Cl)cccc1Cl. The minimum Gasteiger partial charge on any atom is -0.330 e. The molecular weight excluding hydrogens is 205 g/mol. The number of hydrogen-bond acceptors (Lipinski definition) is 1. The summed E-state index contributed by atoms with van der Waals surface area (Å²) < 4.78 is 0. The first-order valence-electron chi connectivity index (χ1n) is 4.06. The Kier molecular flexibility index (Phi) is 4.29. The summed E-state index contributed by atoms with van der Waals surface area (Å²) in [6.45, 7) is 0.637. The van der Waals surface area contributed by atoms with Crippen molar-refractivity contribution in [2.75, 3.05) is 6.54 Å². The molecule has 0 amide bonds. The van der Waals surface area contributed by atoms with Crippen LogP contribution in [0.15, 0.2) is 24.3 Å². The Morgan fingerprint density at radius 2 is 1.85 bits per heavy atom. The number of halogens is 2. The standard InChI is InChI=1S/C10H11Cl2N/c11-9-5-3-6-10(12)8(9)4-1-2-7-13/h1,3-6H,2,7,13H2/b4-1+. The minimum atomic E-state index is 0.637. The van der Waals surface area contributed by atoms with Crippen LogP contribution in [0.2, 0.25) is 10.0 Å². The third kappa shape index (κ3) is 3.03. The summed E-state index contributed by atoms with van der Waals surface area (Å²) in [5.41, 5.74) is 6.21. The van der Waals surface area contributed by atoms with Crippen molar-refractivity contribution in [1.82, 2.24) is 0 Å². The Hall–Kier alpha value is -0.500. The highest BCUT2D eigenvalue weighted by Gasteiger charge is 1.99. The molecule has 70 valence electrons. The average molecular weight is 216 g/mol. The fraction of sp³-hybridized carbons (Fsp3) is 0.200. The molecule has 2 N–H and O–H groups in total. The molecule has 0 aromatic heterocycles. The first-order valence-corrected chi connectivity index (χ1v) is 4.82. The van der Waals surface area contributed by atoms with Gasteiger partial charge in [0, 0.05) is 15.6 Å². The Balaban J connectivity index is 2.87. The lowest BCUT2D eigenvalue weighted by Crippen LogP contribution is -1.95.